The van der Waals surface area contributed by atoms with E-state index < -0.39 is 13.8 Å². The predicted octanol–water partition coefficient (Wildman–Crippen LogP) is 2.62. The van der Waals surface area contributed by atoms with Crippen molar-refractivity contribution in [3.8, 4) is 0 Å². The summed E-state index contributed by atoms with van der Waals surface area (Å²) in [4.78, 5) is 0. The van der Waals surface area contributed by atoms with Gasteiger partial charge in [-0.15, -0.1) is 0 Å². The molecule has 0 radical (unpaired) electrons. The lowest BCUT2D eigenvalue weighted by molar-refractivity contribution is -0.202. The van der Waals surface area contributed by atoms with E-state index in [-0.39, 0.29) is 12.4 Å². The molecule has 120 valence electrons. The Hall–Kier alpha value is 0.0169. The van der Waals surface area contributed by atoms with E-state index in [2.05, 4.69) is 6.92 Å². The summed E-state index contributed by atoms with van der Waals surface area (Å²) < 4.78 is 29.2. The lowest BCUT2D eigenvalue weighted by atomic mass is 10.0. The minimum absolute atomic E-state index is 0.0530. The zero-order valence-electron chi connectivity index (χ0n) is 13.7. The number of hydrogen-bond acceptors (Lipinski definition) is 5. The molecule has 0 bridgehead atoms. The van der Waals surface area contributed by atoms with Gasteiger partial charge in [-0.05, 0) is 32.2 Å². The van der Waals surface area contributed by atoms with Crippen molar-refractivity contribution < 1.29 is 23.1 Å². The molecule has 0 amide bonds. The van der Waals surface area contributed by atoms with Crippen LogP contribution in [-0.4, -0.2) is 54.6 Å². The molecule has 0 aromatic rings. The Morgan fingerprint density at radius 1 is 1.20 bits per heavy atom. The summed E-state index contributed by atoms with van der Waals surface area (Å²) in [6, 6.07) is 0.940. The van der Waals surface area contributed by atoms with Crippen LogP contribution in [0.15, 0.2) is 0 Å². The maximum atomic E-state index is 6.09. The molecular weight excluding hydrogens is 276 g/mol. The van der Waals surface area contributed by atoms with Crippen LogP contribution in [0.25, 0.3) is 0 Å². The minimum atomic E-state index is -2.48. The number of rotatable bonds is 8. The molecule has 1 heterocycles. The molecule has 0 aromatic heterocycles. The van der Waals surface area contributed by atoms with Crippen LogP contribution in [0.2, 0.25) is 6.04 Å². The highest BCUT2D eigenvalue weighted by Crippen LogP contribution is 2.44. The van der Waals surface area contributed by atoms with Crippen LogP contribution in [0.4, 0.5) is 0 Å². The molecule has 0 N–H and O–H groups in total. The Morgan fingerprint density at radius 3 is 2.30 bits per heavy atom. The van der Waals surface area contributed by atoms with Crippen LogP contribution in [-0.2, 0) is 23.1 Å². The predicted molar refractivity (Wildman–Crippen MR) is 79.8 cm³/mol. The summed E-state index contributed by atoms with van der Waals surface area (Å²) in [6.07, 6.45) is 3.54. The van der Waals surface area contributed by atoms with Crippen molar-refractivity contribution in [2.24, 2.45) is 0 Å². The van der Waals surface area contributed by atoms with Crippen molar-refractivity contribution in [3.63, 3.8) is 0 Å². The first-order valence-electron chi connectivity index (χ1n) is 7.39. The highest BCUT2D eigenvalue weighted by Gasteiger charge is 2.63. The van der Waals surface area contributed by atoms with Gasteiger partial charge in [-0.2, -0.15) is 0 Å². The van der Waals surface area contributed by atoms with Gasteiger partial charge in [-0.25, -0.2) is 0 Å². The Labute approximate surface area is 124 Å². The maximum absolute atomic E-state index is 6.09. The largest absolute Gasteiger partial charge is 0.396 e. The van der Waals surface area contributed by atoms with Crippen molar-refractivity contribution in [3.05, 3.63) is 0 Å². The summed E-state index contributed by atoms with van der Waals surface area (Å²) in [7, 11) is 4.39. The molecule has 0 aliphatic carbocycles. The smallest absolute Gasteiger partial charge is 0.373 e. The van der Waals surface area contributed by atoms with Gasteiger partial charge in [0.1, 0.15) is 5.22 Å². The molecule has 0 saturated carbocycles. The zero-order chi connectivity index (χ0) is 15.2. The van der Waals surface area contributed by atoms with Crippen LogP contribution < -0.4 is 0 Å². The second-order valence-electron chi connectivity index (χ2n) is 5.33. The van der Waals surface area contributed by atoms with Gasteiger partial charge in [0.15, 0.2) is 6.29 Å². The molecule has 6 heteroatoms. The maximum Gasteiger partial charge on any atom is 0.373 e. The van der Waals surface area contributed by atoms with Gasteiger partial charge in [0, 0.05) is 28.4 Å². The Bertz CT molecular complexity index is 285. The summed E-state index contributed by atoms with van der Waals surface area (Å²) in [5.41, 5.74) is 0. The van der Waals surface area contributed by atoms with Crippen LogP contribution in [0.1, 0.15) is 39.5 Å². The van der Waals surface area contributed by atoms with Gasteiger partial charge < -0.3 is 23.1 Å². The minimum Gasteiger partial charge on any atom is -0.396 e. The van der Waals surface area contributed by atoms with E-state index in [1.54, 1.807) is 28.4 Å². The molecule has 0 aromatic carbocycles. The number of ether oxygens (including phenoxy) is 3. The average molecular weight is 306 g/mol. The average Bonchev–Trinajstić information content (AvgIpc) is 2.48. The molecule has 3 unspecified atom stereocenters. The second-order valence-corrected chi connectivity index (χ2v) is 8.99. The summed E-state index contributed by atoms with van der Waals surface area (Å²) in [5, 5.41) is -0.476. The van der Waals surface area contributed by atoms with Crippen molar-refractivity contribution >= 4 is 8.56 Å². The zero-order valence-corrected chi connectivity index (χ0v) is 14.7. The third-order valence-corrected chi connectivity index (χ3v) is 8.87. The first kappa shape index (κ1) is 18.1. The first-order chi connectivity index (χ1) is 9.55. The van der Waals surface area contributed by atoms with Crippen molar-refractivity contribution in [2.75, 3.05) is 28.4 Å². The third kappa shape index (κ3) is 3.10. The topological polar surface area (TPSA) is 46.2 Å². The van der Waals surface area contributed by atoms with Gasteiger partial charge >= 0.3 is 8.56 Å². The summed E-state index contributed by atoms with van der Waals surface area (Å²) >= 11 is 0. The third-order valence-electron chi connectivity index (χ3n) is 4.47. The van der Waals surface area contributed by atoms with E-state index in [0.717, 1.165) is 31.7 Å². The Balaban J connectivity index is 3.13. The van der Waals surface area contributed by atoms with E-state index in [9.17, 15) is 0 Å². The van der Waals surface area contributed by atoms with Gasteiger partial charge in [0.05, 0.1) is 6.10 Å². The van der Waals surface area contributed by atoms with Gasteiger partial charge in [-0.3, -0.25) is 0 Å². The fourth-order valence-electron chi connectivity index (χ4n) is 3.42. The monoisotopic (exact) mass is 306 g/mol. The SMILES string of the molecule is CCCC1(OC)C(OC(C)OC)CCC[Si]1(OC)OC. The van der Waals surface area contributed by atoms with Crippen molar-refractivity contribution in [1.82, 2.24) is 0 Å². The highest BCUT2D eigenvalue weighted by molar-refractivity contribution is 6.71. The molecule has 1 fully saturated rings. The molecule has 0 spiro atoms. The molecule has 1 saturated heterocycles. The Kier molecular flexibility index (Phi) is 7.10. The van der Waals surface area contributed by atoms with Crippen molar-refractivity contribution in [2.45, 2.75) is 63.2 Å². The van der Waals surface area contributed by atoms with Gasteiger partial charge in [-0.1, -0.05) is 13.3 Å². The molecule has 20 heavy (non-hydrogen) atoms. The fourth-order valence-corrected chi connectivity index (χ4v) is 7.42. The molecule has 1 aliphatic rings. The Morgan fingerprint density at radius 2 is 1.85 bits per heavy atom. The summed E-state index contributed by atoms with van der Waals surface area (Å²) in [5.74, 6) is 0. The van der Waals surface area contributed by atoms with Gasteiger partial charge in [0.25, 0.3) is 0 Å². The highest BCUT2D eigenvalue weighted by atomic mass is 28.4. The van der Waals surface area contributed by atoms with E-state index in [1.165, 1.54) is 0 Å². The fraction of sp³-hybridized carbons (Fsp3) is 1.00. The van der Waals surface area contributed by atoms with E-state index in [4.69, 9.17) is 23.1 Å². The standard InChI is InChI=1S/C14H30O5Si/c1-7-10-14(16-4)13(19-12(2)15-3)9-8-11-20(14,17-5)18-6/h12-13H,7-11H2,1-6H3. The lowest BCUT2D eigenvalue weighted by Crippen LogP contribution is -2.71. The molecular formula is C14H30O5Si. The summed E-state index contributed by atoms with van der Waals surface area (Å²) in [6.45, 7) is 4.06. The number of methoxy groups -OCH3 is 2. The molecule has 1 aliphatic heterocycles. The van der Waals surface area contributed by atoms with E-state index in [0.29, 0.717) is 0 Å². The van der Waals surface area contributed by atoms with Crippen LogP contribution in [0, 0.1) is 0 Å². The van der Waals surface area contributed by atoms with Crippen LogP contribution in [0.3, 0.4) is 0 Å². The molecule has 1 rings (SSSR count). The quantitative estimate of drug-likeness (QED) is 0.509. The van der Waals surface area contributed by atoms with E-state index >= 15 is 0 Å². The van der Waals surface area contributed by atoms with Crippen LogP contribution in [0.5, 0.6) is 0 Å². The van der Waals surface area contributed by atoms with E-state index in [1.807, 2.05) is 6.92 Å². The second kappa shape index (κ2) is 7.86. The molecule has 5 nitrogen and oxygen atoms in total. The first-order valence-corrected chi connectivity index (χ1v) is 9.41. The normalized spacial score (nSPS) is 31.2. The van der Waals surface area contributed by atoms with Gasteiger partial charge in [0.2, 0.25) is 0 Å². The van der Waals surface area contributed by atoms with Crippen LogP contribution >= 0.6 is 0 Å². The molecule has 3 atom stereocenters. The van der Waals surface area contributed by atoms with Crippen molar-refractivity contribution in [1.29, 1.82) is 0 Å². The lowest BCUT2D eigenvalue weighted by Gasteiger charge is -2.52. The number of hydrogen-bond donors (Lipinski definition) is 0.